The Morgan fingerprint density at radius 2 is 2.00 bits per heavy atom. The van der Waals surface area contributed by atoms with Crippen molar-refractivity contribution in [1.29, 1.82) is 0 Å². The Labute approximate surface area is 110 Å². The molecule has 1 unspecified atom stereocenters. The molecule has 0 bridgehead atoms. The molecule has 2 amide bonds. The standard InChI is InChI=1S/C13H25N3O2/c1-4-16(10-13(18)15(2)3)12(17)6-5-11-7-8-14-9-11/h11,14H,4-10H2,1-3H3. The van der Waals surface area contributed by atoms with Crippen LogP contribution >= 0.6 is 0 Å². The van der Waals surface area contributed by atoms with Gasteiger partial charge >= 0.3 is 0 Å². The van der Waals surface area contributed by atoms with Gasteiger partial charge in [-0.3, -0.25) is 9.59 Å². The van der Waals surface area contributed by atoms with Crippen LogP contribution in [0.4, 0.5) is 0 Å². The molecule has 104 valence electrons. The number of likely N-dealkylation sites (N-methyl/N-ethyl adjacent to an activating group) is 2. The lowest BCUT2D eigenvalue weighted by Gasteiger charge is -2.22. The molecule has 0 aliphatic carbocycles. The van der Waals surface area contributed by atoms with E-state index in [-0.39, 0.29) is 18.4 Å². The summed E-state index contributed by atoms with van der Waals surface area (Å²) in [5, 5.41) is 3.30. The summed E-state index contributed by atoms with van der Waals surface area (Å²) in [6.45, 7) is 4.80. The molecule has 1 fully saturated rings. The predicted octanol–water partition coefficient (Wildman–Crippen LogP) is 0.313. The van der Waals surface area contributed by atoms with E-state index in [1.54, 1.807) is 19.0 Å². The maximum Gasteiger partial charge on any atom is 0.241 e. The van der Waals surface area contributed by atoms with Crippen LogP contribution in [0, 0.1) is 5.92 Å². The highest BCUT2D eigenvalue weighted by Crippen LogP contribution is 2.15. The van der Waals surface area contributed by atoms with Crippen molar-refractivity contribution in [2.75, 3.05) is 40.3 Å². The molecule has 0 radical (unpaired) electrons. The minimum absolute atomic E-state index is 0.0206. The van der Waals surface area contributed by atoms with Crippen LogP contribution in [-0.2, 0) is 9.59 Å². The lowest BCUT2D eigenvalue weighted by atomic mass is 10.0. The molecule has 5 nitrogen and oxygen atoms in total. The number of carbonyl (C=O) groups excluding carboxylic acids is 2. The summed E-state index contributed by atoms with van der Waals surface area (Å²) in [5.74, 6) is 0.699. The smallest absolute Gasteiger partial charge is 0.241 e. The summed E-state index contributed by atoms with van der Waals surface area (Å²) in [6, 6.07) is 0. The van der Waals surface area contributed by atoms with E-state index in [1.807, 2.05) is 6.92 Å². The second-order valence-corrected chi connectivity index (χ2v) is 5.09. The zero-order valence-electron chi connectivity index (χ0n) is 11.7. The average Bonchev–Trinajstić information content (AvgIpc) is 2.85. The predicted molar refractivity (Wildman–Crippen MR) is 71.2 cm³/mol. The van der Waals surface area contributed by atoms with E-state index in [4.69, 9.17) is 0 Å². The molecule has 1 heterocycles. The topological polar surface area (TPSA) is 52.7 Å². The summed E-state index contributed by atoms with van der Waals surface area (Å²) < 4.78 is 0. The summed E-state index contributed by atoms with van der Waals surface area (Å²) >= 11 is 0. The monoisotopic (exact) mass is 255 g/mol. The van der Waals surface area contributed by atoms with Crippen molar-refractivity contribution < 1.29 is 9.59 Å². The van der Waals surface area contributed by atoms with E-state index < -0.39 is 0 Å². The third-order valence-corrected chi connectivity index (χ3v) is 3.49. The van der Waals surface area contributed by atoms with Gasteiger partial charge in [0.1, 0.15) is 0 Å². The van der Waals surface area contributed by atoms with Crippen molar-refractivity contribution in [3.63, 3.8) is 0 Å². The van der Waals surface area contributed by atoms with Crippen molar-refractivity contribution >= 4 is 11.8 Å². The Morgan fingerprint density at radius 1 is 1.28 bits per heavy atom. The molecule has 0 aromatic heterocycles. The van der Waals surface area contributed by atoms with Crippen LogP contribution in [0.1, 0.15) is 26.2 Å². The number of nitrogens with zero attached hydrogens (tertiary/aromatic N) is 2. The molecule has 1 rings (SSSR count). The molecule has 18 heavy (non-hydrogen) atoms. The van der Waals surface area contributed by atoms with Gasteiger partial charge in [-0.15, -0.1) is 0 Å². The van der Waals surface area contributed by atoms with Crippen molar-refractivity contribution in [1.82, 2.24) is 15.1 Å². The lowest BCUT2D eigenvalue weighted by Crippen LogP contribution is -2.40. The zero-order chi connectivity index (χ0) is 13.5. The first-order valence-electron chi connectivity index (χ1n) is 6.73. The number of carbonyl (C=O) groups is 2. The van der Waals surface area contributed by atoms with Gasteiger partial charge in [-0.1, -0.05) is 0 Å². The normalized spacial score (nSPS) is 18.7. The Morgan fingerprint density at radius 3 is 2.50 bits per heavy atom. The Hall–Kier alpha value is -1.10. The Balaban J connectivity index is 2.34. The minimum atomic E-state index is -0.0206. The number of amides is 2. The first kappa shape index (κ1) is 15.0. The third-order valence-electron chi connectivity index (χ3n) is 3.49. The van der Waals surface area contributed by atoms with Crippen LogP contribution in [0.25, 0.3) is 0 Å². The van der Waals surface area contributed by atoms with Crippen LogP contribution in [0.2, 0.25) is 0 Å². The number of rotatable bonds is 6. The molecule has 5 heteroatoms. The van der Waals surface area contributed by atoms with Gasteiger partial charge in [-0.25, -0.2) is 0 Å². The van der Waals surface area contributed by atoms with Crippen LogP contribution in [0.3, 0.4) is 0 Å². The highest BCUT2D eigenvalue weighted by Gasteiger charge is 2.20. The fourth-order valence-corrected chi connectivity index (χ4v) is 2.13. The molecule has 0 aromatic carbocycles. The fraction of sp³-hybridized carbons (Fsp3) is 0.846. The van der Waals surface area contributed by atoms with Gasteiger partial charge in [-0.05, 0) is 38.8 Å². The van der Waals surface area contributed by atoms with Crippen LogP contribution in [-0.4, -0.2) is 61.9 Å². The van der Waals surface area contributed by atoms with Gasteiger partial charge in [0.2, 0.25) is 11.8 Å². The maximum absolute atomic E-state index is 12.0. The van der Waals surface area contributed by atoms with Gasteiger partial charge in [0.05, 0.1) is 6.54 Å². The van der Waals surface area contributed by atoms with Crippen LogP contribution in [0.15, 0.2) is 0 Å². The summed E-state index contributed by atoms with van der Waals surface area (Å²) in [4.78, 5) is 26.8. The van der Waals surface area contributed by atoms with Gasteiger partial charge < -0.3 is 15.1 Å². The number of hydrogen-bond acceptors (Lipinski definition) is 3. The lowest BCUT2D eigenvalue weighted by molar-refractivity contribution is -0.139. The molecule has 0 saturated carbocycles. The highest BCUT2D eigenvalue weighted by molar-refractivity contribution is 5.84. The molecule has 1 aliphatic heterocycles. The second kappa shape index (κ2) is 7.36. The summed E-state index contributed by atoms with van der Waals surface area (Å²) in [7, 11) is 3.43. The van der Waals surface area contributed by atoms with E-state index in [0.717, 1.165) is 25.9 Å². The van der Waals surface area contributed by atoms with E-state index in [2.05, 4.69) is 5.32 Å². The largest absolute Gasteiger partial charge is 0.347 e. The number of nitrogens with one attached hydrogen (secondary N) is 1. The average molecular weight is 255 g/mol. The fourth-order valence-electron chi connectivity index (χ4n) is 2.13. The van der Waals surface area contributed by atoms with Gasteiger partial charge in [0, 0.05) is 27.1 Å². The van der Waals surface area contributed by atoms with E-state index in [9.17, 15) is 9.59 Å². The summed E-state index contributed by atoms with van der Waals surface area (Å²) in [6.07, 6.45) is 2.65. The second-order valence-electron chi connectivity index (χ2n) is 5.09. The minimum Gasteiger partial charge on any atom is -0.347 e. The molecule has 0 spiro atoms. The van der Waals surface area contributed by atoms with Gasteiger partial charge in [-0.2, -0.15) is 0 Å². The Bertz CT molecular complexity index is 286. The quantitative estimate of drug-likeness (QED) is 0.743. The van der Waals surface area contributed by atoms with E-state index in [1.165, 1.54) is 4.90 Å². The SMILES string of the molecule is CCN(CC(=O)N(C)C)C(=O)CCC1CCNC1. The molecule has 0 aromatic rings. The highest BCUT2D eigenvalue weighted by atomic mass is 16.2. The van der Waals surface area contributed by atoms with Crippen molar-refractivity contribution in [3.05, 3.63) is 0 Å². The molecule has 1 N–H and O–H groups in total. The van der Waals surface area contributed by atoms with Crippen molar-refractivity contribution in [3.8, 4) is 0 Å². The van der Waals surface area contributed by atoms with Crippen molar-refractivity contribution in [2.24, 2.45) is 5.92 Å². The number of hydrogen-bond donors (Lipinski definition) is 1. The van der Waals surface area contributed by atoms with Crippen LogP contribution < -0.4 is 5.32 Å². The summed E-state index contributed by atoms with van der Waals surface area (Å²) in [5.41, 5.74) is 0. The maximum atomic E-state index is 12.0. The molecule has 1 saturated heterocycles. The van der Waals surface area contributed by atoms with E-state index in [0.29, 0.717) is 18.9 Å². The third kappa shape index (κ3) is 4.64. The molecular formula is C13H25N3O2. The molecule has 1 aliphatic rings. The molecular weight excluding hydrogens is 230 g/mol. The zero-order valence-corrected chi connectivity index (χ0v) is 11.7. The first-order valence-corrected chi connectivity index (χ1v) is 6.73. The van der Waals surface area contributed by atoms with Gasteiger partial charge in [0.25, 0.3) is 0 Å². The Kier molecular flexibility index (Phi) is 6.12. The van der Waals surface area contributed by atoms with Gasteiger partial charge in [0.15, 0.2) is 0 Å². The van der Waals surface area contributed by atoms with Crippen LogP contribution in [0.5, 0.6) is 0 Å². The molecule has 1 atom stereocenters. The van der Waals surface area contributed by atoms with E-state index >= 15 is 0 Å². The van der Waals surface area contributed by atoms with Crippen molar-refractivity contribution in [2.45, 2.75) is 26.2 Å². The first-order chi connectivity index (χ1) is 8.54.